The van der Waals surface area contributed by atoms with Crippen molar-refractivity contribution in [2.24, 2.45) is 0 Å². The Morgan fingerprint density at radius 3 is 1.97 bits per heavy atom. The molecule has 0 spiro atoms. The number of hydrogen-bond donors (Lipinski definition) is 0. The van der Waals surface area contributed by atoms with Gasteiger partial charge in [0.25, 0.3) is 0 Å². The Kier molecular flexibility index (Phi) is 7.19. The predicted molar refractivity (Wildman–Crippen MR) is 234 cm³/mol. The number of benzene rings is 8. The maximum Gasteiger partial charge on any atom is 0.167 e. The summed E-state index contributed by atoms with van der Waals surface area (Å²) in [6.07, 6.45) is 0.480. The van der Waals surface area contributed by atoms with Gasteiger partial charge in [-0.3, -0.25) is 0 Å². The second-order valence-electron chi connectivity index (χ2n) is 14.7. The van der Waals surface area contributed by atoms with Crippen LogP contribution in [0.5, 0.6) is 0 Å². The maximum absolute atomic E-state index is 6.47. The van der Waals surface area contributed by atoms with E-state index in [1.807, 2.05) is 60.7 Å². The van der Waals surface area contributed by atoms with Crippen LogP contribution in [-0.4, -0.2) is 19.5 Å². The van der Waals surface area contributed by atoms with Crippen LogP contribution in [-0.2, 0) is 6.42 Å². The van der Waals surface area contributed by atoms with Crippen molar-refractivity contribution < 1.29 is 8.83 Å². The maximum atomic E-state index is 6.47. The second kappa shape index (κ2) is 12.9. The van der Waals surface area contributed by atoms with Gasteiger partial charge in [0.05, 0.1) is 16.6 Å². The molecule has 0 unspecified atom stereocenters. The lowest BCUT2D eigenvalue weighted by molar-refractivity contribution is 0.668. The lowest BCUT2D eigenvalue weighted by atomic mass is 9.99. The molecule has 0 aliphatic carbocycles. The highest BCUT2D eigenvalue weighted by Gasteiger charge is 2.21. The van der Waals surface area contributed by atoms with Crippen molar-refractivity contribution in [3.63, 3.8) is 0 Å². The number of rotatable bonds is 6. The fourth-order valence-corrected chi connectivity index (χ4v) is 8.74. The molecule has 0 saturated heterocycles. The SMILES string of the molecule is c1ccc(-c2nc(Cc3cccc4c5ccccc5n(-c5ccc6oc7cccc(-c8ccccc8)c7c6c5)c34)nc(-c3cccc4c3oc3ccccc34)n2)cc1. The van der Waals surface area contributed by atoms with Gasteiger partial charge in [-0.25, -0.2) is 15.0 Å². The van der Waals surface area contributed by atoms with Crippen LogP contribution in [0, 0.1) is 0 Å². The third-order valence-corrected chi connectivity index (χ3v) is 11.3. The quantitative estimate of drug-likeness (QED) is 0.170. The normalized spacial score (nSPS) is 11.9. The monoisotopic (exact) mass is 744 g/mol. The molecule has 0 aliphatic heterocycles. The van der Waals surface area contributed by atoms with Gasteiger partial charge in [0, 0.05) is 50.0 Å². The summed E-state index contributed by atoms with van der Waals surface area (Å²) in [5, 5.41) is 6.62. The van der Waals surface area contributed by atoms with Crippen LogP contribution in [0.15, 0.2) is 191 Å². The van der Waals surface area contributed by atoms with Crippen molar-refractivity contribution in [1.82, 2.24) is 19.5 Å². The van der Waals surface area contributed by atoms with Crippen molar-refractivity contribution in [2.45, 2.75) is 6.42 Å². The van der Waals surface area contributed by atoms with Gasteiger partial charge >= 0.3 is 0 Å². The molecule has 0 amide bonds. The summed E-state index contributed by atoms with van der Waals surface area (Å²) in [7, 11) is 0. The summed E-state index contributed by atoms with van der Waals surface area (Å²) in [6, 6.07) is 63.0. The van der Waals surface area contributed by atoms with Gasteiger partial charge in [-0.15, -0.1) is 0 Å². The van der Waals surface area contributed by atoms with E-state index in [2.05, 4.69) is 126 Å². The summed E-state index contributed by atoms with van der Waals surface area (Å²) >= 11 is 0. The van der Waals surface area contributed by atoms with E-state index in [4.69, 9.17) is 23.8 Å². The number of aromatic nitrogens is 4. The lowest BCUT2D eigenvalue weighted by Gasteiger charge is -2.13. The Balaban J connectivity index is 1.07. The highest BCUT2D eigenvalue weighted by atomic mass is 16.3. The Morgan fingerprint density at radius 1 is 0.431 bits per heavy atom. The molecule has 0 saturated carbocycles. The van der Waals surface area contributed by atoms with Crippen LogP contribution in [0.3, 0.4) is 0 Å². The van der Waals surface area contributed by atoms with Crippen LogP contribution in [0.1, 0.15) is 11.4 Å². The second-order valence-corrected chi connectivity index (χ2v) is 14.7. The van der Waals surface area contributed by atoms with Gasteiger partial charge in [-0.1, -0.05) is 140 Å². The molecule has 0 atom stereocenters. The average molecular weight is 745 g/mol. The minimum Gasteiger partial charge on any atom is -0.456 e. The summed E-state index contributed by atoms with van der Waals surface area (Å²) in [5.74, 6) is 1.87. The molecular formula is C52H32N4O2. The zero-order chi connectivity index (χ0) is 38.2. The van der Waals surface area contributed by atoms with Gasteiger partial charge < -0.3 is 13.4 Å². The van der Waals surface area contributed by atoms with E-state index in [0.29, 0.717) is 23.9 Å². The van der Waals surface area contributed by atoms with Crippen molar-refractivity contribution in [3.8, 4) is 39.6 Å². The molecule has 6 heteroatoms. The Hall–Kier alpha value is -7.83. The van der Waals surface area contributed by atoms with E-state index in [9.17, 15) is 0 Å². The summed E-state index contributed by atoms with van der Waals surface area (Å²) in [4.78, 5) is 15.4. The molecule has 4 heterocycles. The van der Waals surface area contributed by atoms with Crippen molar-refractivity contribution >= 4 is 65.7 Å². The van der Waals surface area contributed by atoms with Crippen LogP contribution in [0.2, 0.25) is 0 Å². The number of nitrogens with zero attached hydrogens (tertiary/aromatic N) is 4. The molecule has 0 N–H and O–H groups in total. The van der Waals surface area contributed by atoms with Crippen molar-refractivity contribution in [3.05, 3.63) is 193 Å². The molecular weight excluding hydrogens is 713 g/mol. The Bertz CT molecular complexity index is 3540. The molecule has 0 bridgehead atoms. The van der Waals surface area contributed by atoms with Gasteiger partial charge in [0.1, 0.15) is 28.2 Å². The van der Waals surface area contributed by atoms with E-state index in [1.54, 1.807) is 0 Å². The molecule has 12 aromatic rings. The summed E-state index contributed by atoms with van der Waals surface area (Å²) in [5.41, 5.74) is 11.8. The lowest BCUT2D eigenvalue weighted by Crippen LogP contribution is -2.05. The molecule has 12 rings (SSSR count). The first kappa shape index (κ1) is 32.4. The van der Waals surface area contributed by atoms with Crippen molar-refractivity contribution in [2.75, 3.05) is 0 Å². The van der Waals surface area contributed by atoms with Crippen LogP contribution in [0.25, 0.3) is 105 Å². The van der Waals surface area contributed by atoms with E-state index >= 15 is 0 Å². The molecule has 4 aromatic heterocycles. The average Bonchev–Trinajstić information content (AvgIpc) is 3.97. The zero-order valence-corrected chi connectivity index (χ0v) is 31.1. The minimum atomic E-state index is 0.480. The van der Waals surface area contributed by atoms with E-state index in [1.165, 1.54) is 10.8 Å². The van der Waals surface area contributed by atoms with Gasteiger partial charge in [-0.2, -0.15) is 0 Å². The number of para-hydroxylation sites is 4. The van der Waals surface area contributed by atoms with Gasteiger partial charge in [0.2, 0.25) is 0 Å². The molecule has 0 fully saturated rings. The van der Waals surface area contributed by atoms with E-state index in [-0.39, 0.29) is 0 Å². The highest BCUT2D eigenvalue weighted by molar-refractivity contribution is 6.14. The fourth-order valence-electron chi connectivity index (χ4n) is 8.74. The first-order chi connectivity index (χ1) is 28.7. The largest absolute Gasteiger partial charge is 0.456 e. The fraction of sp³-hybridized carbons (Fsp3) is 0.0192. The number of fused-ring (bicyclic) bond motifs is 9. The summed E-state index contributed by atoms with van der Waals surface area (Å²) in [6.45, 7) is 0. The van der Waals surface area contributed by atoms with Gasteiger partial charge in [0.15, 0.2) is 11.6 Å². The molecule has 272 valence electrons. The van der Waals surface area contributed by atoms with E-state index < -0.39 is 0 Å². The molecule has 0 radical (unpaired) electrons. The topological polar surface area (TPSA) is 69.9 Å². The van der Waals surface area contributed by atoms with Crippen LogP contribution >= 0.6 is 0 Å². The third kappa shape index (κ3) is 5.09. The third-order valence-electron chi connectivity index (χ3n) is 11.3. The molecule has 58 heavy (non-hydrogen) atoms. The predicted octanol–water partition coefficient (Wildman–Crippen LogP) is 13.4. The Morgan fingerprint density at radius 2 is 1.09 bits per heavy atom. The van der Waals surface area contributed by atoms with Crippen LogP contribution < -0.4 is 0 Å². The smallest absolute Gasteiger partial charge is 0.167 e. The molecule has 0 aliphatic rings. The number of hydrogen-bond acceptors (Lipinski definition) is 5. The molecule has 6 nitrogen and oxygen atoms in total. The minimum absolute atomic E-state index is 0.480. The standard InChI is InChI=1S/C52H32N4O2/c1-3-14-32(15-4-1)36-21-13-27-46-48(36)42-31-35(28-29-45(42)57-46)56-43-25-9-7-19-37(43)39-22-11-18-34(49(39)56)30-47-53-51(33-16-5-2-6-17-33)55-52(54-47)41-24-12-23-40-38-20-8-10-26-44(38)58-50(40)41/h1-29,31H,30H2. The van der Waals surface area contributed by atoms with Gasteiger partial charge in [-0.05, 0) is 59.2 Å². The Labute approximate surface area is 332 Å². The highest BCUT2D eigenvalue weighted by Crippen LogP contribution is 2.41. The first-order valence-corrected chi connectivity index (χ1v) is 19.5. The summed E-state index contributed by atoms with van der Waals surface area (Å²) < 4.78 is 15.3. The van der Waals surface area contributed by atoms with E-state index in [0.717, 1.165) is 88.4 Å². The molecule has 8 aromatic carbocycles. The van der Waals surface area contributed by atoms with Crippen LogP contribution in [0.4, 0.5) is 0 Å². The zero-order valence-electron chi connectivity index (χ0n) is 31.1. The van der Waals surface area contributed by atoms with Crippen molar-refractivity contribution in [1.29, 1.82) is 0 Å². The number of furan rings is 2. The first-order valence-electron chi connectivity index (χ1n) is 19.5.